The third-order valence-electron chi connectivity index (χ3n) is 8.33. The topological polar surface area (TPSA) is 118 Å². The Balaban J connectivity index is 1.27. The van der Waals surface area contributed by atoms with E-state index in [1.807, 2.05) is 6.07 Å². The maximum atomic E-state index is 13.2. The molecule has 0 atom stereocenters. The number of nitrogen functional groups attached to an aromatic ring is 1. The van der Waals surface area contributed by atoms with Crippen molar-refractivity contribution in [2.24, 2.45) is 0 Å². The number of nitrogens with zero attached hydrogens (tertiary/aromatic N) is 4. The van der Waals surface area contributed by atoms with Gasteiger partial charge in [0.2, 0.25) is 11.9 Å². The minimum atomic E-state index is -4.65. The number of halogens is 4. The van der Waals surface area contributed by atoms with Crippen LogP contribution < -0.4 is 16.4 Å². The quantitative estimate of drug-likeness (QED) is 0.249. The van der Waals surface area contributed by atoms with E-state index in [9.17, 15) is 22.8 Å². The predicted molar refractivity (Wildman–Crippen MR) is 173 cm³/mol. The van der Waals surface area contributed by atoms with Crippen molar-refractivity contribution in [3.8, 4) is 23.2 Å². The molecule has 6 rings (SSSR count). The molecule has 1 fully saturated rings. The first-order valence-corrected chi connectivity index (χ1v) is 15.5. The fourth-order valence-corrected chi connectivity index (χ4v) is 6.28. The van der Waals surface area contributed by atoms with Gasteiger partial charge >= 0.3 is 6.18 Å². The highest BCUT2D eigenvalue weighted by atomic mass is 35.5. The molecule has 0 bridgehead atoms. The number of fused-ring (bicyclic) bond motifs is 1. The van der Waals surface area contributed by atoms with Gasteiger partial charge in [-0.1, -0.05) is 35.6 Å². The van der Waals surface area contributed by atoms with Crippen molar-refractivity contribution in [3.63, 3.8) is 0 Å². The molecule has 2 aromatic carbocycles. The fraction of sp³-hybridized carbons (Fsp3) is 0.294. The van der Waals surface area contributed by atoms with E-state index in [1.54, 1.807) is 30.5 Å². The average molecular weight is 662 g/mol. The summed E-state index contributed by atoms with van der Waals surface area (Å²) in [6.45, 7) is 2.43. The first-order chi connectivity index (χ1) is 22.5. The number of benzene rings is 2. The Kier molecular flexibility index (Phi) is 8.94. The van der Waals surface area contributed by atoms with E-state index < -0.39 is 22.7 Å². The number of likely N-dealkylation sites (tertiary alicyclic amines) is 1. The van der Waals surface area contributed by atoms with E-state index in [2.05, 4.69) is 49.0 Å². The number of piperidine rings is 1. The normalized spacial score (nSPS) is 15.4. The van der Waals surface area contributed by atoms with Gasteiger partial charge in [0.05, 0.1) is 33.8 Å². The lowest BCUT2D eigenvalue weighted by Gasteiger charge is -2.33. The number of amides is 2. The van der Waals surface area contributed by atoms with Gasteiger partial charge in [0.15, 0.2) is 0 Å². The number of carbonyl (C=O) groups is 2. The number of hydrogen-bond donors (Lipinski definition) is 3. The lowest BCUT2D eigenvalue weighted by molar-refractivity contribution is -0.137. The zero-order chi connectivity index (χ0) is 33.3. The van der Waals surface area contributed by atoms with Crippen molar-refractivity contribution in [1.82, 2.24) is 24.8 Å². The van der Waals surface area contributed by atoms with Crippen LogP contribution in [0.1, 0.15) is 57.2 Å². The van der Waals surface area contributed by atoms with Crippen LogP contribution in [0.15, 0.2) is 54.7 Å². The summed E-state index contributed by atoms with van der Waals surface area (Å²) in [4.78, 5) is 36.6. The Morgan fingerprint density at radius 1 is 1.15 bits per heavy atom. The summed E-state index contributed by atoms with van der Waals surface area (Å²) in [5, 5.41) is 4.98. The van der Waals surface area contributed by atoms with E-state index in [4.69, 9.17) is 17.3 Å². The van der Waals surface area contributed by atoms with Gasteiger partial charge in [0, 0.05) is 42.1 Å². The molecule has 9 nitrogen and oxygen atoms in total. The van der Waals surface area contributed by atoms with Gasteiger partial charge in [-0.05, 0) is 74.9 Å². The van der Waals surface area contributed by atoms with Gasteiger partial charge in [0.1, 0.15) is 5.69 Å². The minimum absolute atomic E-state index is 0.0114. The van der Waals surface area contributed by atoms with E-state index >= 15 is 0 Å². The molecule has 0 aliphatic carbocycles. The third-order valence-corrected chi connectivity index (χ3v) is 8.66. The Labute approximate surface area is 274 Å². The molecular weight excluding hydrogens is 631 g/mol. The molecule has 242 valence electrons. The molecule has 0 saturated carbocycles. The minimum Gasteiger partial charge on any atom is -0.368 e. The van der Waals surface area contributed by atoms with Crippen molar-refractivity contribution in [2.45, 2.75) is 37.9 Å². The molecule has 0 unspecified atom stereocenters. The number of nitrogens with two attached hydrogens (primary N) is 1. The number of nitrogens with one attached hydrogen (secondary N) is 2. The number of anilines is 2. The number of aromatic nitrogens is 3. The first kappa shape index (κ1) is 32.1. The molecule has 4 heterocycles. The van der Waals surface area contributed by atoms with Crippen LogP contribution in [0.3, 0.4) is 0 Å². The van der Waals surface area contributed by atoms with Crippen LogP contribution in [0.5, 0.6) is 0 Å². The summed E-state index contributed by atoms with van der Waals surface area (Å²) in [6, 6.07) is 12.3. The van der Waals surface area contributed by atoms with Crippen LogP contribution in [-0.2, 0) is 23.8 Å². The van der Waals surface area contributed by atoms with E-state index in [0.29, 0.717) is 40.9 Å². The van der Waals surface area contributed by atoms with Crippen LogP contribution in [0.4, 0.5) is 24.8 Å². The summed E-state index contributed by atoms with van der Waals surface area (Å²) >= 11 is 5.69. The van der Waals surface area contributed by atoms with Crippen LogP contribution in [0.25, 0.3) is 11.4 Å². The van der Waals surface area contributed by atoms with Crippen molar-refractivity contribution in [3.05, 3.63) is 93.3 Å². The largest absolute Gasteiger partial charge is 0.417 e. The molecule has 4 N–H and O–H groups in total. The van der Waals surface area contributed by atoms with Crippen LogP contribution in [0.2, 0.25) is 5.02 Å². The molecule has 0 radical (unpaired) electrons. The molecule has 2 aliphatic rings. The maximum Gasteiger partial charge on any atom is 0.417 e. The second-order valence-electron chi connectivity index (χ2n) is 11.7. The lowest BCUT2D eigenvalue weighted by Crippen LogP contribution is -2.35. The Hall–Kier alpha value is -4.86. The summed E-state index contributed by atoms with van der Waals surface area (Å²) in [5.74, 6) is 5.75. The Morgan fingerprint density at radius 3 is 2.70 bits per heavy atom. The van der Waals surface area contributed by atoms with E-state index in [-0.39, 0.29) is 30.0 Å². The maximum absolute atomic E-state index is 13.2. The first-order valence-electron chi connectivity index (χ1n) is 15.1. The van der Waals surface area contributed by atoms with Crippen molar-refractivity contribution < 1.29 is 22.8 Å². The lowest BCUT2D eigenvalue weighted by atomic mass is 10.0. The summed E-state index contributed by atoms with van der Waals surface area (Å²) in [7, 11) is 2.10. The number of rotatable bonds is 5. The summed E-state index contributed by atoms with van der Waals surface area (Å²) in [6.07, 6.45) is -0.617. The van der Waals surface area contributed by atoms with Gasteiger partial charge in [-0.15, -0.1) is 0 Å². The van der Waals surface area contributed by atoms with Crippen molar-refractivity contribution in [2.75, 3.05) is 37.7 Å². The van der Waals surface area contributed by atoms with Gasteiger partial charge in [-0.3, -0.25) is 9.59 Å². The van der Waals surface area contributed by atoms with Crippen LogP contribution >= 0.6 is 11.6 Å². The second kappa shape index (κ2) is 13.1. The second-order valence-corrected chi connectivity index (χ2v) is 12.1. The third kappa shape index (κ3) is 7.11. The van der Waals surface area contributed by atoms with Gasteiger partial charge < -0.3 is 25.8 Å². The molecule has 47 heavy (non-hydrogen) atoms. The smallest absolute Gasteiger partial charge is 0.368 e. The molecule has 1 saturated heterocycles. The number of hydrogen-bond acceptors (Lipinski definition) is 6. The van der Waals surface area contributed by atoms with Gasteiger partial charge in [-0.2, -0.15) is 13.2 Å². The van der Waals surface area contributed by atoms with Gasteiger partial charge in [-0.25, -0.2) is 9.97 Å². The SMILES string of the molecule is CN1CCC(n2c(-c3nc(N)ncc3C#Cc3cccc(CC(=O)Nc4ccc(Cl)c(C(F)(F)F)c4)c3)cc3c2CCNC3=O)CC1. The number of carbonyl (C=O) groups excluding carboxylic acids is 2. The highest BCUT2D eigenvalue weighted by Crippen LogP contribution is 2.37. The van der Waals surface area contributed by atoms with E-state index in [0.717, 1.165) is 49.5 Å². The van der Waals surface area contributed by atoms with Gasteiger partial charge in [0.25, 0.3) is 5.91 Å². The monoisotopic (exact) mass is 661 g/mol. The molecule has 2 aliphatic heterocycles. The zero-order valence-corrected chi connectivity index (χ0v) is 26.2. The predicted octanol–water partition coefficient (Wildman–Crippen LogP) is 5.33. The highest BCUT2D eigenvalue weighted by molar-refractivity contribution is 6.31. The summed E-state index contributed by atoms with van der Waals surface area (Å²) < 4.78 is 42.0. The van der Waals surface area contributed by atoms with E-state index in [1.165, 1.54) is 6.07 Å². The van der Waals surface area contributed by atoms with Crippen molar-refractivity contribution >= 4 is 35.1 Å². The Morgan fingerprint density at radius 2 is 1.94 bits per heavy atom. The molecule has 2 aromatic heterocycles. The number of alkyl halides is 3. The molecule has 4 aromatic rings. The fourth-order valence-electron chi connectivity index (χ4n) is 6.05. The molecule has 13 heteroatoms. The molecule has 2 amide bonds. The standard InChI is InChI=1S/C34H31ClF3N7O2/c1-44-13-10-24(11-14-44)45-28-9-12-40-32(47)25(28)18-29(45)31-22(19-41-33(39)43-31)6-5-20-3-2-4-21(15-20)16-30(46)42-23-7-8-27(35)26(17-23)34(36,37)38/h2-4,7-8,15,17-19,24H,9-14,16H2,1H3,(H,40,47)(H,42,46)(H2,39,41,43). The van der Waals surface area contributed by atoms with Crippen molar-refractivity contribution in [1.29, 1.82) is 0 Å². The molecular formula is C34H31ClF3N7O2. The summed E-state index contributed by atoms with van der Waals surface area (Å²) in [5.41, 5.74) is 9.67. The Bertz CT molecular complexity index is 1920. The van der Waals surface area contributed by atoms with Crippen LogP contribution in [-0.4, -0.2) is 57.9 Å². The molecule has 0 spiro atoms. The highest BCUT2D eigenvalue weighted by Gasteiger charge is 2.34. The zero-order valence-electron chi connectivity index (χ0n) is 25.4. The average Bonchev–Trinajstić information content (AvgIpc) is 3.42. The van der Waals surface area contributed by atoms with Crippen LogP contribution in [0, 0.1) is 11.8 Å².